The molecule has 3 N–H and O–H groups in total. The van der Waals surface area contributed by atoms with Gasteiger partial charge < -0.3 is 5.73 Å². The Labute approximate surface area is 145 Å². The molecule has 0 aliphatic rings. The Balaban J connectivity index is 1.93. The maximum Gasteiger partial charge on any atom is 0.0595 e. The van der Waals surface area contributed by atoms with E-state index in [1.807, 2.05) is 30.6 Å². The van der Waals surface area contributed by atoms with Crippen molar-refractivity contribution in [1.82, 2.24) is 10.2 Å². The van der Waals surface area contributed by atoms with E-state index < -0.39 is 0 Å². The van der Waals surface area contributed by atoms with Crippen LogP contribution in [0.1, 0.15) is 23.5 Å². The Hall–Kier alpha value is -1.81. The number of nitrogens with two attached hydrogens (primary N) is 1. The van der Waals surface area contributed by atoms with Gasteiger partial charge in [-0.2, -0.15) is 5.10 Å². The fourth-order valence-corrected chi connectivity index (χ4v) is 3.04. The second-order valence-electron chi connectivity index (χ2n) is 5.41. The topological polar surface area (TPSA) is 54.7 Å². The van der Waals surface area contributed by atoms with Gasteiger partial charge in [0, 0.05) is 17.7 Å². The lowest BCUT2D eigenvalue weighted by Crippen LogP contribution is -2.09. The summed E-state index contributed by atoms with van der Waals surface area (Å²) in [4.78, 5) is 0. The molecule has 0 radical (unpaired) electrons. The van der Waals surface area contributed by atoms with Crippen molar-refractivity contribution in [2.24, 2.45) is 5.73 Å². The van der Waals surface area contributed by atoms with E-state index in [0.717, 1.165) is 23.1 Å². The molecular formula is C18H17Cl2N3. The van der Waals surface area contributed by atoms with Crippen LogP contribution < -0.4 is 5.73 Å². The molecule has 0 fully saturated rings. The van der Waals surface area contributed by atoms with Crippen LogP contribution in [0.15, 0.2) is 54.9 Å². The van der Waals surface area contributed by atoms with E-state index in [2.05, 4.69) is 34.5 Å². The molecule has 0 bridgehead atoms. The first-order valence-electron chi connectivity index (χ1n) is 7.43. The van der Waals surface area contributed by atoms with Gasteiger partial charge in [-0.25, -0.2) is 0 Å². The monoisotopic (exact) mass is 345 g/mol. The molecule has 3 nitrogen and oxygen atoms in total. The fourth-order valence-electron chi connectivity index (χ4n) is 2.74. The Morgan fingerprint density at radius 1 is 0.957 bits per heavy atom. The first kappa shape index (κ1) is 16.1. The molecule has 0 saturated carbocycles. The molecule has 0 spiro atoms. The zero-order chi connectivity index (χ0) is 16.2. The number of H-pyrrole nitrogens is 1. The van der Waals surface area contributed by atoms with Crippen molar-refractivity contribution in [2.75, 3.05) is 6.54 Å². The number of hydrogen-bond donors (Lipinski definition) is 2. The summed E-state index contributed by atoms with van der Waals surface area (Å²) < 4.78 is 0. The second kappa shape index (κ2) is 7.18. The zero-order valence-corrected chi connectivity index (χ0v) is 14.0. The van der Waals surface area contributed by atoms with Gasteiger partial charge in [0.15, 0.2) is 0 Å². The number of nitrogens with zero attached hydrogens (tertiary/aromatic N) is 1. The third-order valence-electron chi connectivity index (χ3n) is 3.95. The number of nitrogens with one attached hydrogen (secondary N) is 1. The number of halogens is 2. The van der Waals surface area contributed by atoms with Crippen molar-refractivity contribution in [3.8, 4) is 11.1 Å². The molecule has 1 aromatic heterocycles. The highest BCUT2D eigenvalue weighted by Gasteiger charge is 2.15. The van der Waals surface area contributed by atoms with E-state index in [9.17, 15) is 0 Å². The number of aromatic nitrogens is 2. The smallest absolute Gasteiger partial charge is 0.0595 e. The molecule has 5 heteroatoms. The van der Waals surface area contributed by atoms with Crippen molar-refractivity contribution in [3.05, 3.63) is 76.0 Å². The molecule has 0 saturated heterocycles. The Morgan fingerprint density at radius 2 is 1.70 bits per heavy atom. The minimum absolute atomic E-state index is 0.202. The van der Waals surface area contributed by atoms with Crippen LogP contribution in [0, 0.1) is 0 Å². The van der Waals surface area contributed by atoms with Gasteiger partial charge in [0.2, 0.25) is 0 Å². The Kier molecular flexibility index (Phi) is 5.01. The molecule has 118 valence electrons. The van der Waals surface area contributed by atoms with Crippen LogP contribution in [-0.2, 0) is 0 Å². The Bertz CT molecular complexity index is 767. The first-order valence-corrected chi connectivity index (χ1v) is 8.18. The third kappa shape index (κ3) is 3.58. The van der Waals surface area contributed by atoms with E-state index in [1.165, 1.54) is 5.56 Å². The van der Waals surface area contributed by atoms with Crippen LogP contribution in [0.25, 0.3) is 11.1 Å². The molecule has 3 aromatic rings. The highest BCUT2D eigenvalue weighted by atomic mass is 35.5. The van der Waals surface area contributed by atoms with Crippen LogP contribution in [0.3, 0.4) is 0 Å². The van der Waals surface area contributed by atoms with Gasteiger partial charge in [-0.3, -0.25) is 5.10 Å². The number of rotatable bonds is 5. The van der Waals surface area contributed by atoms with Crippen molar-refractivity contribution < 1.29 is 0 Å². The zero-order valence-electron chi connectivity index (χ0n) is 12.5. The fraction of sp³-hybridized carbons (Fsp3) is 0.167. The lowest BCUT2D eigenvalue weighted by Gasteiger charge is -2.18. The molecule has 0 amide bonds. The summed E-state index contributed by atoms with van der Waals surface area (Å²) in [5, 5.41) is 7.95. The average molecular weight is 346 g/mol. The summed E-state index contributed by atoms with van der Waals surface area (Å²) in [5.41, 5.74) is 10.3. The summed E-state index contributed by atoms with van der Waals surface area (Å²) >= 11 is 12.2. The van der Waals surface area contributed by atoms with Gasteiger partial charge in [-0.15, -0.1) is 0 Å². The summed E-state index contributed by atoms with van der Waals surface area (Å²) in [6.07, 6.45) is 4.54. The van der Waals surface area contributed by atoms with Crippen molar-refractivity contribution in [1.29, 1.82) is 0 Å². The van der Waals surface area contributed by atoms with Gasteiger partial charge in [0.05, 0.1) is 16.2 Å². The van der Waals surface area contributed by atoms with Gasteiger partial charge in [-0.05, 0) is 41.8 Å². The van der Waals surface area contributed by atoms with Crippen molar-refractivity contribution in [3.63, 3.8) is 0 Å². The molecule has 1 atom stereocenters. The largest absolute Gasteiger partial charge is 0.330 e. The van der Waals surface area contributed by atoms with Crippen LogP contribution in [0.5, 0.6) is 0 Å². The summed E-state index contributed by atoms with van der Waals surface area (Å²) in [5.74, 6) is 0.202. The number of aromatic amines is 1. The third-order valence-corrected chi connectivity index (χ3v) is 4.69. The number of benzene rings is 2. The van der Waals surface area contributed by atoms with Gasteiger partial charge in [-0.1, -0.05) is 53.5 Å². The van der Waals surface area contributed by atoms with Crippen LogP contribution in [0.2, 0.25) is 10.0 Å². The average Bonchev–Trinajstić information content (AvgIpc) is 3.10. The summed E-state index contributed by atoms with van der Waals surface area (Å²) in [7, 11) is 0. The van der Waals surface area contributed by atoms with Crippen LogP contribution >= 0.6 is 23.2 Å². The molecule has 0 aliphatic heterocycles. The maximum absolute atomic E-state index is 6.16. The summed E-state index contributed by atoms with van der Waals surface area (Å²) in [6.45, 7) is 0.606. The SMILES string of the molecule is NCCC(c1ccc(-c2cn[nH]c2)cc1)c1ccc(Cl)c(Cl)c1. The van der Waals surface area contributed by atoms with E-state index in [1.54, 1.807) is 0 Å². The van der Waals surface area contributed by atoms with Gasteiger partial charge in [0.1, 0.15) is 0 Å². The lowest BCUT2D eigenvalue weighted by atomic mass is 9.88. The normalized spacial score (nSPS) is 12.3. The van der Waals surface area contributed by atoms with E-state index in [4.69, 9.17) is 28.9 Å². The minimum Gasteiger partial charge on any atom is -0.330 e. The standard InChI is InChI=1S/C18H17Cl2N3/c19-17-6-5-14(9-18(17)20)16(7-8-21)13-3-1-12(2-4-13)15-10-22-23-11-15/h1-6,9-11,16H,7-8,21H2,(H,22,23). The lowest BCUT2D eigenvalue weighted by molar-refractivity contribution is 0.726. The number of hydrogen-bond acceptors (Lipinski definition) is 2. The molecule has 23 heavy (non-hydrogen) atoms. The molecule has 3 rings (SSSR count). The predicted octanol–water partition coefficient (Wildman–Crippen LogP) is 4.86. The highest BCUT2D eigenvalue weighted by molar-refractivity contribution is 6.42. The molecule has 0 aliphatic carbocycles. The maximum atomic E-state index is 6.16. The van der Waals surface area contributed by atoms with E-state index in [-0.39, 0.29) is 5.92 Å². The minimum atomic E-state index is 0.202. The predicted molar refractivity (Wildman–Crippen MR) is 96.0 cm³/mol. The summed E-state index contributed by atoms with van der Waals surface area (Å²) in [6, 6.07) is 14.2. The van der Waals surface area contributed by atoms with Crippen LogP contribution in [0.4, 0.5) is 0 Å². The highest BCUT2D eigenvalue weighted by Crippen LogP contribution is 2.33. The van der Waals surface area contributed by atoms with Crippen molar-refractivity contribution >= 4 is 23.2 Å². The molecule has 2 aromatic carbocycles. The molecule has 1 unspecified atom stereocenters. The Morgan fingerprint density at radius 3 is 2.30 bits per heavy atom. The molecular weight excluding hydrogens is 329 g/mol. The van der Waals surface area contributed by atoms with Crippen LogP contribution in [-0.4, -0.2) is 16.7 Å². The quantitative estimate of drug-likeness (QED) is 0.693. The van der Waals surface area contributed by atoms with Gasteiger partial charge in [0.25, 0.3) is 0 Å². The molecule has 1 heterocycles. The second-order valence-corrected chi connectivity index (χ2v) is 6.23. The van der Waals surface area contributed by atoms with Crippen molar-refractivity contribution in [2.45, 2.75) is 12.3 Å². The first-order chi connectivity index (χ1) is 11.2. The van der Waals surface area contributed by atoms with E-state index in [0.29, 0.717) is 16.6 Å². The van der Waals surface area contributed by atoms with Gasteiger partial charge >= 0.3 is 0 Å². The van der Waals surface area contributed by atoms with E-state index >= 15 is 0 Å².